The molecule has 1 fully saturated rings. The van der Waals surface area contributed by atoms with Crippen LogP contribution in [0.2, 0.25) is 0 Å². The quantitative estimate of drug-likeness (QED) is 0.749. The number of anilines is 1. The van der Waals surface area contributed by atoms with E-state index in [-0.39, 0.29) is 17.5 Å². The van der Waals surface area contributed by atoms with Gasteiger partial charge in [0.2, 0.25) is 5.91 Å². The van der Waals surface area contributed by atoms with Crippen molar-refractivity contribution in [1.82, 2.24) is 10.2 Å². The molecule has 1 aliphatic rings. The van der Waals surface area contributed by atoms with Crippen LogP contribution in [-0.2, 0) is 17.9 Å². The SMILES string of the molecule is CC(=O)Nc1cc(C(=O)NCc2ccc(CN3CC(C)CC(C)C3)cc2)ccc1F. The zero-order valence-electron chi connectivity index (χ0n) is 17.9. The van der Waals surface area contributed by atoms with E-state index in [1.807, 2.05) is 12.1 Å². The molecule has 30 heavy (non-hydrogen) atoms. The lowest BCUT2D eigenvalue weighted by atomic mass is 9.91. The number of nitrogens with zero attached hydrogens (tertiary/aromatic N) is 1. The van der Waals surface area contributed by atoms with Crippen LogP contribution in [0.5, 0.6) is 0 Å². The highest BCUT2D eigenvalue weighted by molar-refractivity contribution is 5.96. The summed E-state index contributed by atoms with van der Waals surface area (Å²) in [6.07, 6.45) is 1.30. The number of piperidine rings is 1. The minimum atomic E-state index is -0.574. The van der Waals surface area contributed by atoms with Gasteiger partial charge in [0.05, 0.1) is 5.69 Å². The van der Waals surface area contributed by atoms with Gasteiger partial charge in [-0.1, -0.05) is 38.1 Å². The number of hydrogen-bond acceptors (Lipinski definition) is 3. The molecule has 2 aromatic rings. The van der Waals surface area contributed by atoms with Crippen LogP contribution in [-0.4, -0.2) is 29.8 Å². The molecule has 2 N–H and O–H groups in total. The van der Waals surface area contributed by atoms with E-state index in [0.717, 1.165) is 37.0 Å². The van der Waals surface area contributed by atoms with Crippen molar-refractivity contribution in [3.05, 3.63) is 65.0 Å². The standard InChI is InChI=1S/C24H30FN3O2/c1-16-10-17(2)14-28(13-16)15-20-6-4-19(5-7-20)12-26-24(30)21-8-9-22(25)23(11-21)27-18(3)29/h4-9,11,16-17H,10,12-15H2,1-3H3,(H,26,30)(H,27,29). The van der Waals surface area contributed by atoms with Gasteiger partial charge in [0.1, 0.15) is 5.82 Å². The van der Waals surface area contributed by atoms with Gasteiger partial charge in [0.25, 0.3) is 5.91 Å². The smallest absolute Gasteiger partial charge is 0.251 e. The first-order valence-corrected chi connectivity index (χ1v) is 10.5. The number of rotatable bonds is 6. The van der Waals surface area contributed by atoms with Crippen LogP contribution in [0.4, 0.5) is 10.1 Å². The first kappa shape index (κ1) is 22.0. The number of halogens is 1. The highest BCUT2D eigenvalue weighted by Gasteiger charge is 2.21. The predicted molar refractivity (Wildman–Crippen MR) is 117 cm³/mol. The molecular formula is C24H30FN3O2. The van der Waals surface area contributed by atoms with Crippen molar-refractivity contribution in [2.24, 2.45) is 11.8 Å². The molecule has 2 atom stereocenters. The van der Waals surface area contributed by atoms with Crippen molar-refractivity contribution >= 4 is 17.5 Å². The fourth-order valence-corrected chi connectivity index (χ4v) is 4.18. The lowest BCUT2D eigenvalue weighted by molar-refractivity contribution is -0.114. The second-order valence-corrected chi connectivity index (χ2v) is 8.52. The van der Waals surface area contributed by atoms with Crippen LogP contribution < -0.4 is 10.6 Å². The zero-order chi connectivity index (χ0) is 21.7. The van der Waals surface area contributed by atoms with Gasteiger partial charge in [0.15, 0.2) is 0 Å². The lowest BCUT2D eigenvalue weighted by Gasteiger charge is -2.35. The van der Waals surface area contributed by atoms with Crippen LogP contribution in [0.1, 0.15) is 48.7 Å². The number of hydrogen-bond donors (Lipinski definition) is 2. The molecule has 5 nitrogen and oxygen atoms in total. The number of amides is 2. The molecule has 2 aromatic carbocycles. The number of likely N-dealkylation sites (tertiary alicyclic amines) is 1. The Morgan fingerprint density at radius 2 is 1.67 bits per heavy atom. The third kappa shape index (κ3) is 6.13. The number of benzene rings is 2. The van der Waals surface area contributed by atoms with Crippen molar-refractivity contribution < 1.29 is 14.0 Å². The van der Waals surface area contributed by atoms with Gasteiger partial charge in [0, 0.05) is 38.7 Å². The number of nitrogens with one attached hydrogen (secondary N) is 2. The summed E-state index contributed by atoms with van der Waals surface area (Å²) >= 11 is 0. The third-order valence-electron chi connectivity index (χ3n) is 5.37. The monoisotopic (exact) mass is 411 g/mol. The lowest BCUT2D eigenvalue weighted by Crippen LogP contribution is -2.38. The van der Waals surface area contributed by atoms with E-state index >= 15 is 0 Å². The van der Waals surface area contributed by atoms with Crippen LogP contribution >= 0.6 is 0 Å². The summed E-state index contributed by atoms with van der Waals surface area (Å²) in [5.41, 5.74) is 2.56. The van der Waals surface area contributed by atoms with E-state index in [9.17, 15) is 14.0 Å². The Labute approximate surface area is 177 Å². The van der Waals surface area contributed by atoms with Crippen LogP contribution in [0.25, 0.3) is 0 Å². The Kier molecular flexibility index (Phi) is 7.21. The highest BCUT2D eigenvalue weighted by atomic mass is 19.1. The Balaban J connectivity index is 1.55. The van der Waals surface area contributed by atoms with E-state index in [2.05, 4.69) is 41.5 Å². The van der Waals surface area contributed by atoms with Crippen molar-refractivity contribution in [3.8, 4) is 0 Å². The minimum absolute atomic E-state index is 0.000789. The summed E-state index contributed by atoms with van der Waals surface area (Å²) < 4.78 is 13.7. The molecule has 0 saturated carbocycles. The Morgan fingerprint density at radius 3 is 2.30 bits per heavy atom. The van der Waals surface area contributed by atoms with E-state index < -0.39 is 5.82 Å². The summed E-state index contributed by atoms with van der Waals surface area (Å²) in [6, 6.07) is 12.2. The molecular weight excluding hydrogens is 381 g/mol. The molecule has 2 amide bonds. The zero-order valence-corrected chi connectivity index (χ0v) is 17.9. The maximum absolute atomic E-state index is 13.7. The molecule has 2 unspecified atom stereocenters. The van der Waals surface area contributed by atoms with Crippen LogP contribution in [0.3, 0.4) is 0 Å². The maximum Gasteiger partial charge on any atom is 0.251 e. The molecule has 0 aliphatic carbocycles. The summed E-state index contributed by atoms with van der Waals surface area (Å²) in [5, 5.41) is 5.23. The molecule has 1 heterocycles. The summed E-state index contributed by atoms with van der Waals surface area (Å²) in [5.74, 6) is 0.193. The molecule has 1 saturated heterocycles. The summed E-state index contributed by atoms with van der Waals surface area (Å²) in [4.78, 5) is 26.1. The van der Waals surface area contributed by atoms with Crippen molar-refractivity contribution in [2.75, 3.05) is 18.4 Å². The van der Waals surface area contributed by atoms with Crippen LogP contribution in [0.15, 0.2) is 42.5 Å². The van der Waals surface area contributed by atoms with Gasteiger partial charge < -0.3 is 10.6 Å². The number of carbonyl (C=O) groups excluding carboxylic acids is 2. The molecule has 0 spiro atoms. The van der Waals surface area contributed by atoms with E-state index in [1.54, 1.807) is 0 Å². The fraction of sp³-hybridized carbons (Fsp3) is 0.417. The van der Waals surface area contributed by atoms with Crippen molar-refractivity contribution in [1.29, 1.82) is 0 Å². The van der Waals surface area contributed by atoms with E-state index in [4.69, 9.17) is 0 Å². The third-order valence-corrected chi connectivity index (χ3v) is 5.37. The first-order chi connectivity index (χ1) is 14.3. The average molecular weight is 412 g/mol. The first-order valence-electron chi connectivity index (χ1n) is 10.5. The van der Waals surface area contributed by atoms with Gasteiger partial charge in [-0.25, -0.2) is 4.39 Å². The van der Waals surface area contributed by atoms with E-state index in [0.29, 0.717) is 12.1 Å². The predicted octanol–water partition coefficient (Wildman–Crippen LogP) is 4.19. The topological polar surface area (TPSA) is 61.4 Å². The molecule has 160 valence electrons. The second-order valence-electron chi connectivity index (χ2n) is 8.52. The Hall–Kier alpha value is -2.73. The van der Waals surface area contributed by atoms with Crippen molar-refractivity contribution in [3.63, 3.8) is 0 Å². The van der Waals surface area contributed by atoms with Gasteiger partial charge in [-0.2, -0.15) is 0 Å². The van der Waals surface area contributed by atoms with Gasteiger partial charge in [-0.05, 0) is 47.6 Å². The summed E-state index contributed by atoms with van der Waals surface area (Å²) in [6.45, 7) is 9.53. The largest absolute Gasteiger partial charge is 0.348 e. The highest BCUT2D eigenvalue weighted by Crippen LogP contribution is 2.22. The molecule has 1 aliphatic heterocycles. The molecule has 0 aromatic heterocycles. The van der Waals surface area contributed by atoms with Crippen molar-refractivity contribution in [2.45, 2.75) is 40.3 Å². The fourth-order valence-electron chi connectivity index (χ4n) is 4.18. The Bertz CT molecular complexity index is 888. The van der Waals surface area contributed by atoms with Gasteiger partial charge >= 0.3 is 0 Å². The van der Waals surface area contributed by atoms with Crippen LogP contribution in [0, 0.1) is 17.7 Å². The molecule has 6 heteroatoms. The summed E-state index contributed by atoms with van der Waals surface area (Å²) in [7, 11) is 0. The second kappa shape index (κ2) is 9.85. The van der Waals surface area contributed by atoms with Gasteiger partial charge in [-0.15, -0.1) is 0 Å². The van der Waals surface area contributed by atoms with Gasteiger partial charge in [-0.3, -0.25) is 14.5 Å². The molecule has 3 rings (SSSR count). The number of carbonyl (C=O) groups is 2. The average Bonchev–Trinajstić information content (AvgIpc) is 2.68. The normalized spacial score (nSPS) is 19.3. The Morgan fingerprint density at radius 1 is 1.03 bits per heavy atom. The molecule has 0 bridgehead atoms. The molecule has 0 radical (unpaired) electrons. The maximum atomic E-state index is 13.7. The van der Waals surface area contributed by atoms with E-state index in [1.165, 1.54) is 37.1 Å². The minimum Gasteiger partial charge on any atom is -0.348 e.